The zero-order chi connectivity index (χ0) is 38.8. The van der Waals surface area contributed by atoms with Gasteiger partial charge in [0.05, 0.1) is 22.3 Å². The van der Waals surface area contributed by atoms with Crippen molar-refractivity contribution >= 4 is 46.9 Å². The van der Waals surface area contributed by atoms with Crippen LogP contribution in [-0.2, 0) is 16.1 Å². The van der Waals surface area contributed by atoms with E-state index in [9.17, 15) is 19.2 Å². The fourth-order valence-electron chi connectivity index (χ4n) is 8.66. The normalized spacial score (nSPS) is 23.4. The lowest BCUT2D eigenvalue weighted by Crippen LogP contribution is -2.52. The molecule has 56 heavy (non-hydrogen) atoms. The van der Waals surface area contributed by atoms with E-state index in [4.69, 9.17) is 21.6 Å². The molecule has 14 nitrogen and oxygen atoms in total. The van der Waals surface area contributed by atoms with Crippen molar-refractivity contribution in [2.75, 3.05) is 55.6 Å². The van der Waals surface area contributed by atoms with Crippen LogP contribution < -0.4 is 25.2 Å². The molecule has 4 amide bonds. The van der Waals surface area contributed by atoms with Crippen molar-refractivity contribution in [3.05, 3.63) is 76.1 Å². The predicted molar refractivity (Wildman–Crippen MR) is 208 cm³/mol. The average molecular weight is 780 g/mol. The van der Waals surface area contributed by atoms with Crippen molar-refractivity contribution in [1.82, 2.24) is 30.4 Å². The first kappa shape index (κ1) is 37.7. The van der Waals surface area contributed by atoms with Crippen LogP contribution in [0.4, 0.5) is 11.6 Å². The Hall–Kier alpha value is -5.26. The molecular weight excluding hydrogens is 734 g/mol. The summed E-state index contributed by atoms with van der Waals surface area (Å²) in [4.78, 5) is 68.2. The molecule has 0 radical (unpaired) electrons. The number of nitrogens with zero attached hydrogens (tertiary/aromatic N) is 7. The molecule has 4 aliphatic heterocycles. The summed E-state index contributed by atoms with van der Waals surface area (Å²) >= 11 is 6.15. The van der Waals surface area contributed by atoms with Crippen LogP contribution in [0.15, 0.2) is 48.8 Å². The van der Waals surface area contributed by atoms with Gasteiger partial charge in [0.25, 0.3) is 11.8 Å². The minimum absolute atomic E-state index is 0.0309. The molecule has 0 spiro atoms. The molecule has 1 saturated carbocycles. The van der Waals surface area contributed by atoms with Crippen molar-refractivity contribution in [3.8, 4) is 11.8 Å². The van der Waals surface area contributed by atoms with Gasteiger partial charge in [0, 0.05) is 94.5 Å². The Bertz CT molecular complexity index is 2020. The third kappa shape index (κ3) is 8.29. The van der Waals surface area contributed by atoms with Gasteiger partial charge >= 0.3 is 0 Å². The number of halogens is 1. The first-order valence-electron chi connectivity index (χ1n) is 19.7. The number of nitrogens with one attached hydrogen (secondary N) is 2. The van der Waals surface area contributed by atoms with E-state index in [0.29, 0.717) is 52.3 Å². The molecule has 8 rings (SSSR count). The largest absolute Gasteiger partial charge is 0.490 e. The van der Waals surface area contributed by atoms with Gasteiger partial charge in [-0.15, -0.1) is 0 Å². The molecule has 5 aliphatic rings. The molecule has 2 N–H and O–H groups in total. The molecule has 3 saturated heterocycles. The van der Waals surface area contributed by atoms with Gasteiger partial charge in [-0.1, -0.05) is 17.7 Å². The first-order chi connectivity index (χ1) is 27.2. The highest BCUT2D eigenvalue weighted by Crippen LogP contribution is 2.32. The maximum atomic E-state index is 13.3. The molecular formula is C41H46ClN9O5. The van der Waals surface area contributed by atoms with E-state index in [2.05, 4.69) is 47.4 Å². The Kier molecular flexibility index (Phi) is 11.1. The van der Waals surface area contributed by atoms with E-state index in [0.717, 1.165) is 95.6 Å². The molecule has 15 heteroatoms. The maximum absolute atomic E-state index is 13.3. The summed E-state index contributed by atoms with van der Waals surface area (Å²) in [7, 11) is 0. The van der Waals surface area contributed by atoms with E-state index < -0.39 is 6.04 Å². The Morgan fingerprint density at radius 1 is 0.911 bits per heavy atom. The van der Waals surface area contributed by atoms with Crippen LogP contribution in [0, 0.1) is 17.2 Å². The number of carbonyl (C=O) groups excluding carboxylic acids is 4. The summed E-state index contributed by atoms with van der Waals surface area (Å²) in [5.41, 5.74) is 3.47. The van der Waals surface area contributed by atoms with Gasteiger partial charge in [0.2, 0.25) is 17.8 Å². The number of nitriles is 1. The number of amides is 4. The Balaban J connectivity index is 0.744. The quantitative estimate of drug-likeness (QED) is 0.303. The number of hydrogen-bond acceptors (Lipinski definition) is 11. The summed E-state index contributed by atoms with van der Waals surface area (Å²) in [5.74, 6) is 0.909. The Morgan fingerprint density at radius 2 is 1.66 bits per heavy atom. The summed E-state index contributed by atoms with van der Waals surface area (Å²) < 4.78 is 6.08. The zero-order valence-corrected chi connectivity index (χ0v) is 32.0. The number of piperazine rings is 1. The fraction of sp³-hybridized carbons (Fsp3) is 0.488. The van der Waals surface area contributed by atoms with Gasteiger partial charge < -0.3 is 24.8 Å². The Labute approximate surface area is 331 Å². The summed E-state index contributed by atoms with van der Waals surface area (Å²) in [6, 6.07) is 12.7. The molecule has 2 aromatic carbocycles. The van der Waals surface area contributed by atoms with E-state index in [1.165, 1.54) is 0 Å². The molecule has 0 bridgehead atoms. The number of piperidine rings is 2. The van der Waals surface area contributed by atoms with Crippen LogP contribution in [0.5, 0.6) is 5.75 Å². The van der Waals surface area contributed by atoms with Gasteiger partial charge in [-0.2, -0.15) is 5.26 Å². The maximum Gasteiger partial charge on any atom is 0.255 e. The number of aromatic nitrogens is 2. The lowest BCUT2D eigenvalue weighted by Gasteiger charge is -2.39. The van der Waals surface area contributed by atoms with Crippen molar-refractivity contribution in [1.29, 1.82) is 5.26 Å². The zero-order valence-electron chi connectivity index (χ0n) is 31.3. The summed E-state index contributed by atoms with van der Waals surface area (Å²) in [6.45, 7) is 6.82. The number of ether oxygens (including phenoxy) is 1. The van der Waals surface area contributed by atoms with Crippen LogP contribution >= 0.6 is 11.6 Å². The number of hydrogen-bond donors (Lipinski definition) is 2. The standard InChI is InChI=1S/C41H46ClN9O5/c42-35-20-33(6-2-27(35)21-43)56-32-7-3-30(4-8-32)46-38(53)29-22-44-41(45-23-29)50-13-11-26(12-14-50)24-48-15-17-49(18-16-48)31-5-1-28-25-51(40(55)34(28)19-31)36-9-10-37(52)47-39(36)54/h1-2,5-6,19-20,22-23,26,30,32,36H,3-4,7-18,24-25H2,(H,46,53)(H,47,52,54)/t30-,32-,36?. The number of benzene rings is 2. The van der Waals surface area contributed by atoms with Crippen LogP contribution in [-0.4, -0.2) is 107 Å². The molecule has 292 valence electrons. The van der Waals surface area contributed by atoms with Crippen molar-refractivity contribution in [2.24, 2.45) is 5.92 Å². The summed E-state index contributed by atoms with van der Waals surface area (Å²) in [5, 5.41) is 15.0. The van der Waals surface area contributed by atoms with Gasteiger partial charge in [0.1, 0.15) is 17.9 Å². The van der Waals surface area contributed by atoms with Crippen LogP contribution in [0.2, 0.25) is 5.02 Å². The number of imide groups is 1. The second-order valence-corrected chi connectivity index (χ2v) is 16.0. The SMILES string of the molecule is N#Cc1ccc(O[C@H]2CC[C@H](NC(=O)c3cnc(N4CCC(CN5CCN(c6ccc7c(c6)C(=O)N(C6CCC(=O)NC6=O)C7)CC5)CC4)nc3)CC2)cc1Cl. The van der Waals surface area contributed by atoms with Crippen LogP contribution in [0.1, 0.15) is 83.2 Å². The lowest BCUT2D eigenvalue weighted by atomic mass is 9.92. The van der Waals surface area contributed by atoms with Gasteiger partial charge in [-0.25, -0.2) is 9.97 Å². The highest BCUT2D eigenvalue weighted by Gasteiger charge is 2.39. The number of anilines is 2. The van der Waals surface area contributed by atoms with Crippen LogP contribution in [0.3, 0.4) is 0 Å². The van der Waals surface area contributed by atoms with Gasteiger partial charge in [0.15, 0.2) is 0 Å². The van der Waals surface area contributed by atoms with E-state index in [-0.39, 0.29) is 42.2 Å². The number of fused-ring (bicyclic) bond motifs is 1. The third-order valence-corrected chi connectivity index (χ3v) is 12.2. The number of carbonyl (C=O) groups is 4. The highest BCUT2D eigenvalue weighted by molar-refractivity contribution is 6.31. The molecule has 5 heterocycles. The molecule has 3 aromatic rings. The smallest absolute Gasteiger partial charge is 0.255 e. The minimum Gasteiger partial charge on any atom is -0.490 e. The first-order valence-corrected chi connectivity index (χ1v) is 20.1. The van der Waals surface area contributed by atoms with E-state index in [1.54, 1.807) is 35.5 Å². The van der Waals surface area contributed by atoms with Crippen molar-refractivity contribution in [2.45, 2.75) is 76.1 Å². The summed E-state index contributed by atoms with van der Waals surface area (Å²) in [6.07, 6.45) is 9.19. The topological polar surface area (TPSA) is 164 Å². The predicted octanol–water partition coefficient (Wildman–Crippen LogP) is 3.92. The average Bonchev–Trinajstić information content (AvgIpc) is 3.54. The molecule has 1 aromatic heterocycles. The second kappa shape index (κ2) is 16.5. The molecule has 4 fully saturated rings. The van der Waals surface area contributed by atoms with Crippen molar-refractivity contribution in [3.63, 3.8) is 0 Å². The van der Waals surface area contributed by atoms with Gasteiger partial charge in [-0.3, -0.25) is 29.4 Å². The Morgan fingerprint density at radius 3 is 2.36 bits per heavy atom. The molecule has 1 unspecified atom stereocenters. The fourth-order valence-corrected chi connectivity index (χ4v) is 8.87. The lowest BCUT2D eigenvalue weighted by molar-refractivity contribution is -0.136. The molecule has 1 aliphatic carbocycles. The third-order valence-electron chi connectivity index (χ3n) is 11.9. The monoisotopic (exact) mass is 779 g/mol. The van der Waals surface area contributed by atoms with Gasteiger partial charge in [-0.05, 0) is 80.7 Å². The second-order valence-electron chi connectivity index (χ2n) is 15.5. The van der Waals surface area contributed by atoms with E-state index in [1.807, 2.05) is 12.1 Å². The highest BCUT2D eigenvalue weighted by atomic mass is 35.5. The minimum atomic E-state index is -0.605. The number of rotatable bonds is 9. The van der Waals surface area contributed by atoms with Crippen molar-refractivity contribution < 1.29 is 23.9 Å². The van der Waals surface area contributed by atoms with E-state index >= 15 is 0 Å². The van der Waals surface area contributed by atoms with Crippen LogP contribution in [0.25, 0.3) is 0 Å². The molecule has 1 atom stereocenters.